The van der Waals surface area contributed by atoms with Gasteiger partial charge in [0.1, 0.15) is 0 Å². The molecule has 0 aliphatic rings. The smallest absolute Gasteiger partial charge is 0.748 e. The average Bonchev–Trinajstić information content (AvgIpc) is 1.94. The zero-order chi connectivity index (χ0) is 27.0. The van der Waals surface area contributed by atoms with Crippen molar-refractivity contribution >= 4 is 112 Å². The third-order valence-electron chi connectivity index (χ3n) is 0. The topological polar surface area (TPSA) is 343 Å². The summed E-state index contributed by atoms with van der Waals surface area (Å²) in [5.41, 5.74) is 0. The Hall–Kier alpha value is 1.18. The van der Waals surface area contributed by atoms with Crippen molar-refractivity contribution in [2.75, 3.05) is 37.5 Å². The maximum atomic E-state index is 9.08. The predicted octanol–water partition coefficient (Wildman–Crippen LogP) is -5.79. The molecule has 0 aromatic heterocycles. The van der Waals surface area contributed by atoms with Crippen molar-refractivity contribution in [1.82, 2.24) is 0 Å². The molecule has 0 aromatic carbocycles. The van der Waals surface area contributed by atoms with Gasteiger partial charge in [0, 0.05) is 37.5 Å². The third kappa shape index (κ3) is 20400. The van der Waals surface area contributed by atoms with Crippen LogP contribution in [0.4, 0.5) is 0 Å². The zero-order valence-electron chi connectivity index (χ0n) is 16.8. The van der Waals surface area contributed by atoms with Gasteiger partial charge in [-0.1, -0.05) is 0 Å². The predicted molar refractivity (Wildman–Crippen MR) is 105 cm³/mol. The second kappa shape index (κ2) is 22.6. The molecule has 0 saturated carbocycles. The second-order valence-electron chi connectivity index (χ2n) is 4.22. The molecule has 0 aliphatic heterocycles. The molecule has 0 bridgehead atoms. The molecule has 0 rings (SSSR count). The monoisotopic (exact) mass is 898 g/mol. The van der Waals surface area contributed by atoms with Crippen LogP contribution in [0.2, 0.25) is 0 Å². The molecule has 0 N–H and O–H groups in total. The fourth-order valence-electron chi connectivity index (χ4n) is 0. The van der Waals surface area contributed by atoms with E-state index >= 15 is 0 Å². The summed E-state index contributed by atoms with van der Waals surface area (Å²) in [4.78, 5) is 0. The molecule has 0 atom stereocenters. The van der Waals surface area contributed by atoms with Gasteiger partial charge < -0.3 is 27.3 Å². The maximum Gasteiger partial charge on any atom is 4.00 e. The Morgan fingerprint density at radius 2 is 0.312 bits per heavy atom. The Morgan fingerprint density at radius 1 is 0.312 bits per heavy atom. The van der Waals surface area contributed by atoms with E-state index in [1.54, 1.807) is 0 Å². The summed E-state index contributed by atoms with van der Waals surface area (Å²) in [6, 6.07) is 0. The standard InChI is InChI=1S/6CH4O3S.Pb.Sn/c6*1-5(2,3)4;;/h6*1H3,(H,2,3,4);;/q;;;;;;+2;+4/p-6. The third-order valence-corrected chi connectivity index (χ3v) is 0. The Balaban J connectivity index is -0.0000000356. The normalized spacial score (nSPS) is 10.9. The van der Waals surface area contributed by atoms with Crippen molar-refractivity contribution in [1.29, 1.82) is 0 Å². The SMILES string of the molecule is CS(=O)(=O)[O-].CS(=O)(=O)[O-].CS(=O)(=O)[O-].CS(=O)(=O)[O-].CS(=O)(=O)[O-].CS(=O)(=O)[O-].[Pb+2].[Sn+4]. The Kier molecular flexibility index (Phi) is 38.3. The minimum absolute atomic E-state index is 0. The van der Waals surface area contributed by atoms with Gasteiger partial charge in [-0.3, -0.25) is 0 Å². The first-order chi connectivity index (χ1) is 12.0. The minimum Gasteiger partial charge on any atom is -0.748 e. The second-order valence-corrected chi connectivity index (χ2v) is 12.7. The summed E-state index contributed by atoms with van der Waals surface area (Å²) >= 11 is 0. The molecule has 194 valence electrons. The zero-order valence-corrected chi connectivity index (χ0v) is 28.4. The molecule has 0 amide bonds. The first-order valence-corrected chi connectivity index (χ1v) is 16.3. The summed E-state index contributed by atoms with van der Waals surface area (Å²) in [7, 11) is -23.5. The molecule has 18 nitrogen and oxygen atoms in total. The van der Waals surface area contributed by atoms with Crippen LogP contribution in [0, 0.1) is 0 Å². The van der Waals surface area contributed by atoms with Crippen LogP contribution in [-0.2, 0) is 60.7 Å². The summed E-state index contributed by atoms with van der Waals surface area (Å²) in [6.45, 7) is 0. The van der Waals surface area contributed by atoms with Crippen molar-refractivity contribution in [2.24, 2.45) is 0 Å². The van der Waals surface area contributed by atoms with E-state index in [1.165, 1.54) is 0 Å². The molecule has 0 unspecified atom stereocenters. The van der Waals surface area contributed by atoms with Gasteiger partial charge in [-0.2, -0.15) is 0 Å². The molecule has 0 aromatic rings. The molecular weight excluding hydrogens is 878 g/mol. The molecule has 0 spiro atoms. The van der Waals surface area contributed by atoms with Crippen LogP contribution in [0.3, 0.4) is 0 Å². The van der Waals surface area contributed by atoms with Gasteiger partial charge in [0.25, 0.3) is 0 Å². The van der Waals surface area contributed by atoms with Crippen LogP contribution in [-0.4, -0.2) is 167 Å². The van der Waals surface area contributed by atoms with Crippen LogP contribution < -0.4 is 0 Å². The first kappa shape index (κ1) is 54.2. The van der Waals surface area contributed by atoms with E-state index in [4.69, 9.17) is 77.8 Å². The molecule has 2 radical (unpaired) electrons. The van der Waals surface area contributed by atoms with Crippen LogP contribution in [0.1, 0.15) is 0 Å². The summed E-state index contributed by atoms with van der Waals surface area (Å²) in [5, 5.41) is 0. The molecular formula is C6H18O18PbS6Sn. The van der Waals surface area contributed by atoms with E-state index < -0.39 is 60.7 Å². The van der Waals surface area contributed by atoms with Crippen molar-refractivity contribution in [3.8, 4) is 0 Å². The summed E-state index contributed by atoms with van der Waals surface area (Å²) < 4.78 is 163. The van der Waals surface area contributed by atoms with Crippen LogP contribution in [0.5, 0.6) is 0 Å². The van der Waals surface area contributed by atoms with Gasteiger partial charge in [-0.05, 0) is 0 Å². The van der Waals surface area contributed by atoms with Gasteiger partial charge in [0.15, 0.2) is 0 Å². The van der Waals surface area contributed by atoms with E-state index in [2.05, 4.69) is 0 Å². The van der Waals surface area contributed by atoms with Gasteiger partial charge in [-0.15, -0.1) is 0 Å². The van der Waals surface area contributed by atoms with Crippen LogP contribution in [0.25, 0.3) is 0 Å². The van der Waals surface area contributed by atoms with Gasteiger partial charge in [0.05, 0.1) is 60.7 Å². The molecule has 26 heteroatoms. The van der Waals surface area contributed by atoms with Crippen molar-refractivity contribution in [3.63, 3.8) is 0 Å². The van der Waals surface area contributed by atoms with Crippen LogP contribution >= 0.6 is 0 Å². The average molecular weight is 897 g/mol. The number of hydrogen-bond donors (Lipinski definition) is 0. The number of rotatable bonds is 0. The fourth-order valence-corrected chi connectivity index (χ4v) is 0. The Bertz CT molecular complexity index is 786. The molecule has 0 heterocycles. The van der Waals surface area contributed by atoms with E-state index in [0.29, 0.717) is 37.5 Å². The summed E-state index contributed by atoms with van der Waals surface area (Å²) in [6.07, 6.45) is 3.62. The largest absolute Gasteiger partial charge is 4.00 e. The molecule has 0 saturated heterocycles. The van der Waals surface area contributed by atoms with E-state index in [-0.39, 0.29) is 51.2 Å². The molecule has 0 aliphatic carbocycles. The summed E-state index contributed by atoms with van der Waals surface area (Å²) in [5.74, 6) is 0. The minimum atomic E-state index is -3.92. The van der Waals surface area contributed by atoms with Gasteiger partial charge >= 0.3 is 51.2 Å². The van der Waals surface area contributed by atoms with Gasteiger partial charge in [0.2, 0.25) is 0 Å². The number of hydrogen-bond acceptors (Lipinski definition) is 18. The first-order valence-electron chi connectivity index (χ1n) is 5.45. The molecule has 32 heavy (non-hydrogen) atoms. The molecule has 0 fully saturated rings. The fraction of sp³-hybridized carbons (Fsp3) is 1.00. The van der Waals surface area contributed by atoms with E-state index in [1.807, 2.05) is 0 Å². The van der Waals surface area contributed by atoms with Crippen molar-refractivity contribution < 1.29 is 77.8 Å². The quantitative estimate of drug-likeness (QED) is 0.161. The van der Waals surface area contributed by atoms with Gasteiger partial charge in [-0.25, -0.2) is 50.5 Å². The van der Waals surface area contributed by atoms with E-state index in [9.17, 15) is 0 Å². The Morgan fingerprint density at radius 3 is 0.312 bits per heavy atom. The Labute approximate surface area is 225 Å². The van der Waals surface area contributed by atoms with Crippen molar-refractivity contribution in [3.05, 3.63) is 0 Å². The van der Waals surface area contributed by atoms with Crippen LogP contribution in [0.15, 0.2) is 0 Å². The van der Waals surface area contributed by atoms with E-state index in [0.717, 1.165) is 0 Å². The maximum absolute atomic E-state index is 9.08. The van der Waals surface area contributed by atoms with Crippen molar-refractivity contribution in [2.45, 2.75) is 0 Å².